The van der Waals surface area contributed by atoms with E-state index in [1.807, 2.05) is 6.92 Å². The van der Waals surface area contributed by atoms with Gasteiger partial charge in [0.25, 0.3) is 10.0 Å². The summed E-state index contributed by atoms with van der Waals surface area (Å²) in [4.78, 5) is 4.17. The molecule has 19 heavy (non-hydrogen) atoms. The highest BCUT2D eigenvalue weighted by Crippen LogP contribution is 2.15. The van der Waals surface area contributed by atoms with Crippen LogP contribution < -0.4 is 10.0 Å². The molecule has 0 atom stereocenters. The van der Waals surface area contributed by atoms with Crippen LogP contribution in [-0.2, 0) is 10.0 Å². The van der Waals surface area contributed by atoms with E-state index < -0.39 is 10.0 Å². The van der Waals surface area contributed by atoms with E-state index in [9.17, 15) is 8.42 Å². The van der Waals surface area contributed by atoms with Gasteiger partial charge in [0, 0.05) is 18.9 Å². The number of aromatic amines is 1. The fraction of sp³-hybridized carbons (Fsp3) is 0.273. The van der Waals surface area contributed by atoms with Crippen molar-refractivity contribution >= 4 is 21.5 Å². The van der Waals surface area contributed by atoms with Gasteiger partial charge in [-0.05, 0) is 18.6 Å². The molecule has 102 valence electrons. The number of nitrogens with one attached hydrogen (secondary N) is 3. The molecular weight excluding hydrogens is 266 g/mol. The number of sulfonamides is 1. The van der Waals surface area contributed by atoms with E-state index >= 15 is 0 Å². The Kier molecular flexibility index (Phi) is 4.00. The molecule has 2 heterocycles. The van der Waals surface area contributed by atoms with E-state index in [0.29, 0.717) is 11.5 Å². The van der Waals surface area contributed by atoms with Crippen molar-refractivity contribution in [2.45, 2.75) is 18.2 Å². The molecule has 8 heteroatoms. The summed E-state index contributed by atoms with van der Waals surface area (Å²) in [6, 6.07) is 3.15. The normalized spacial score (nSPS) is 11.2. The van der Waals surface area contributed by atoms with Gasteiger partial charge in [-0.2, -0.15) is 5.10 Å². The molecule has 2 aromatic rings. The van der Waals surface area contributed by atoms with Crippen LogP contribution in [-0.4, -0.2) is 30.1 Å². The standard InChI is InChI=1S/C11H15N5O2S/c1-2-5-12-11-4-3-10(8-13-11)19(17,18)16-9-6-14-15-7-9/h3-4,6-8,16H,2,5H2,1H3,(H,12,13)(H,14,15). The highest BCUT2D eigenvalue weighted by Gasteiger charge is 2.14. The Balaban J connectivity index is 2.12. The van der Waals surface area contributed by atoms with Crippen LogP contribution in [0.1, 0.15) is 13.3 Å². The minimum Gasteiger partial charge on any atom is -0.370 e. The smallest absolute Gasteiger partial charge is 0.263 e. The van der Waals surface area contributed by atoms with E-state index in [2.05, 4.69) is 25.2 Å². The monoisotopic (exact) mass is 281 g/mol. The van der Waals surface area contributed by atoms with Crippen LogP contribution >= 0.6 is 0 Å². The zero-order valence-corrected chi connectivity index (χ0v) is 11.2. The van der Waals surface area contributed by atoms with Gasteiger partial charge in [0.05, 0.1) is 11.9 Å². The van der Waals surface area contributed by atoms with Crippen molar-refractivity contribution in [1.82, 2.24) is 15.2 Å². The summed E-state index contributed by atoms with van der Waals surface area (Å²) in [7, 11) is -3.62. The van der Waals surface area contributed by atoms with Gasteiger partial charge in [-0.25, -0.2) is 13.4 Å². The van der Waals surface area contributed by atoms with Crippen LogP contribution in [0, 0.1) is 0 Å². The summed E-state index contributed by atoms with van der Waals surface area (Å²) in [6.07, 6.45) is 5.15. The van der Waals surface area contributed by atoms with Crippen molar-refractivity contribution < 1.29 is 8.42 Å². The van der Waals surface area contributed by atoms with Crippen molar-refractivity contribution in [3.8, 4) is 0 Å². The first-order valence-corrected chi connectivity index (χ1v) is 7.31. The Morgan fingerprint density at radius 1 is 1.32 bits per heavy atom. The maximum atomic E-state index is 12.0. The van der Waals surface area contributed by atoms with Crippen LogP contribution in [0.5, 0.6) is 0 Å². The van der Waals surface area contributed by atoms with Gasteiger partial charge >= 0.3 is 0 Å². The number of pyridine rings is 1. The third-order valence-corrected chi connectivity index (χ3v) is 3.72. The zero-order valence-electron chi connectivity index (χ0n) is 10.4. The fourth-order valence-electron chi connectivity index (χ4n) is 1.42. The molecular formula is C11H15N5O2S. The second-order valence-electron chi connectivity index (χ2n) is 3.90. The van der Waals surface area contributed by atoms with E-state index in [0.717, 1.165) is 13.0 Å². The van der Waals surface area contributed by atoms with Crippen LogP contribution in [0.3, 0.4) is 0 Å². The lowest BCUT2D eigenvalue weighted by atomic mass is 10.4. The fourth-order valence-corrected chi connectivity index (χ4v) is 2.40. The van der Waals surface area contributed by atoms with Crippen LogP contribution in [0.2, 0.25) is 0 Å². The summed E-state index contributed by atoms with van der Waals surface area (Å²) in [5, 5.41) is 9.28. The minimum atomic E-state index is -3.62. The molecule has 0 spiro atoms. The molecule has 0 radical (unpaired) electrons. The Labute approximate surface area is 111 Å². The van der Waals surface area contributed by atoms with Gasteiger partial charge in [-0.3, -0.25) is 9.82 Å². The molecule has 0 aromatic carbocycles. The average molecular weight is 281 g/mol. The van der Waals surface area contributed by atoms with E-state index in [-0.39, 0.29) is 4.90 Å². The maximum Gasteiger partial charge on any atom is 0.263 e. The van der Waals surface area contributed by atoms with Crippen molar-refractivity contribution in [1.29, 1.82) is 0 Å². The molecule has 0 fully saturated rings. The molecule has 0 aliphatic heterocycles. The van der Waals surface area contributed by atoms with Gasteiger partial charge in [0.2, 0.25) is 0 Å². The van der Waals surface area contributed by atoms with Crippen LogP contribution in [0.15, 0.2) is 35.6 Å². The molecule has 2 aromatic heterocycles. The molecule has 0 saturated heterocycles. The minimum absolute atomic E-state index is 0.107. The van der Waals surface area contributed by atoms with Crippen LogP contribution in [0.4, 0.5) is 11.5 Å². The quantitative estimate of drug-likeness (QED) is 0.743. The summed E-state index contributed by atoms with van der Waals surface area (Å²) in [5.74, 6) is 0.657. The lowest BCUT2D eigenvalue weighted by Crippen LogP contribution is -2.13. The topological polar surface area (TPSA) is 99.8 Å². The molecule has 0 amide bonds. The van der Waals surface area contributed by atoms with E-state index in [1.165, 1.54) is 24.7 Å². The number of rotatable bonds is 6. The van der Waals surface area contributed by atoms with Gasteiger partial charge in [0.1, 0.15) is 10.7 Å². The third kappa shape index (κ3) is 3.44. The summed E-state index contributed by atoms with van der Waals surface area (Å²) < 4.78 is 26.4. The Morgan fingerprint density at radius 2 is 2.16 bits per heavy atom. The van der Waals surface area contributed by atoms with Crippen molar-refractivity contribution in [3.63, 3.8) is 0 Å². The number of hydrogen-bond acceptors (Lipinski definition) is 5. The van der Waals surface area contributed by atoms with E-state index in [1.54, 1.807) is 6.07 Å². The first kappa shape index (κ1) is 13.3. The summed E-state index contributed by atoms with van der Waals surface area (Å²) in [5.41, 5.74) is 0.383. The second-order valence-corrected chi connectivity index (χ2v) is 5.58. The number of aromatic nitrogens is 3. The zero-order chi connectivity index (χ0) is 13.7. The number of H-pyrrole nitrogens is 1. The molecule has 0 aliphatic carbocycles. The number of hydrogen-bond donors (Lipinski definition) is 3. The molecule has 0 bridgehead atoms. The molecule has 7 nitrogen and oxygen atoms in total. The van der Waals surface area contributed by atoms with E-state index in [4.69, 9.17) is 0 Å². The summed E-state index contributed by atoms with van der Waals surface area (Å²) in [6.45, 7) is 2.84. The molecule has 0 unspecified atom stereocenters. The summed E-state index contributed by atoms with van der Waals surface area (Å²) >= 11 is 0. The molecule has 2 rings (SSSR count). The highest BCUT2D eigenvalue weighted by molar-refractivity contribution is 7.92. The lowest BCUT2D eigenvalue weighted by Gasteiger charge is -2.07. The second kappa shape index (κ2) is 5.70. The van der Waals surface area contributed by atoms with Crippen LogP contribution in [0.25, 0.3) is 0 Å². The molecule has 0 saturated carbocycles. The molecule has 0 aliphatic rings. The lowest BCUT2D eigenvalue weighted by molar-refractivity contribution is 0.601. The van der Waals surface area contributed by atoms with Gasteiger partial charge in [0.15, 0.2) is 0 Å². The first-order valence-electron chi connectivity index (χ1n) is 5.83. The first-order chi connectivity index (χ1) is 9.12. The van der Waals surface area contributed by atoms with Gasteiger partial charge in [-0.15, -0.1) is 0 Å². The predicted molar refractivity (Wildman–Crippen MR) is 72.4 cm³/mol. The Bertz CT molecular complexity index is 607. The maximum absolute atomic E-state index is 12.0. The Hall–Kier alpha value is -2.09. The largest absolute Gasteiger partial charge is 0.370 e. The van der Waals surface area contributed by atoms with Crippen molar-refractivity contribution in [2.75, 3.05) is 16.6 Å². The average Bonchev–Trinajstić information content (AvgIpc) is 2.89. The third-order valence-electron chi connectivity index (χ3n) is 2.35. The number of nitrogens with zero attached hydrogens (tertiary/aromatic N) is 2. The molecule has 3 N–H and O–H groups in total. The SMILES string of the molecule is CCCNc1ccc(S(=O)(=O)Nc2cn[nH]c2)cn1. The highest BCUT2D eigenvalue weighted by atomic mass is 32.2. The predicted octanol–water partition coefficient (Wildman–Crippen LogP) is 1.43. The van der Waals surface area contributed by atoms with Gasteiger partial charge < -0.3 is 5.32 Å². The van der Waals surface area contributed by atoms with Crippen molar-refractivity contribution in [2.24, 2.45) is 0 Å². The Morgan fingerprint density at radius 3 is 2.74 bits per heavy atom. The number of anilines is 2. The van der Waals surface area contributed by atoms with Crippen molar-refractivity contribution in [3.05, 3.63) is 30.7 Å². The van der Waals surface area contributed by atoms with Gasteiger partial charge in [-0.1, -0.05) is 6.92 Å².